The number of primary sulfonamides is 1. The highest BCUT2D eigenvalue weighted by molar-refractivity contribution is 8.01. The summed E-state index contributed by atoms with van der Waals surface area (Å²) >= 11 is 5.85. The van der Waals surface area contributed by atoms with E-state index in [-0.39, 0.29) is 112 Å². The summed E-state index contributed by atoms with van der Waals surface area (Å²) in [7, 11) is -5.36. The minimum Gasteiger partial charge on any atom is -0.465 e. The van der Waals surface area contributed by atoms with E-state index < -0.39 is 49.2 Å². The number of amides is 1. The van der Waals surface area contributed by atoms with Crippen molar-refractivity contribution in [3.63, 3.8) is 0 Å². The SMILES string of the molecule is CC(=O)Nc1c(C#N)c2nc(C(C)C)[nH]n2c1N=Nc1snc2ccc(S(N)(=O)=O)cc12.[C-]#[N+]c1[nH]c(N=Nc2nnc(SCC)s2)c(-c2ccccc2C(=O)OC)c1[N+]#[C-].[C-]#[N+]c1[nH]c(N=Nc2snc(C)c2[N+]#[C-])c(-c2ccccc2C(=O)OC)c1[N+]#[C-].[C-]#[N+]c1c(C)nsc1N=Nc1nc(-c2ccccc2)[nH]c1S(=O)(=O)CC(C)=O. The molecule has 0 saturated carbocycles. The maximum absolute atomic E-state index is 12.6. The van der Waals surface area contributed by atoms with Gasteiger partial charge in [0.2, 0.25) is 83.4 Å². The number of hydrogen-bond donors (Lipinski definition) is 6. The van der Waals surface area contributed by atoms with Gasteiger partial charge >= 0.3 is 11.9 Å². The number of nitrogens with one attached hydrogen (secondary N) is 5. The van der Waals surface area contributed by atoms with E-state index in [4.69, 9.17) is 54.0 Å². The number of nitrogens with two attached hydrogens (primary N) is 1. The molecular formula is C72H55N29O10S7. The van der Waals surface area contributed by atoms with Gasteiger partial charge in [-0.25, -0.2) is 74.2 Å². The number of aromatic nitrogens is 12. The summed E-state index contributed by atoms with van der Waals surface area (Å²) in [5.41, 5.74) is 5.34. The van der Waals surface area contributed by atoms with Crippen LogP contribution in [0.5, 0.6) is 0 Å². The topological polar surface area (TPSA) is 500 Å². The van der Waals surface area contributed by atoms with Gasteiger partial charge in [0.05, 0.1) is 73.4 Å². The third-order valence-electron chi connectivity index (χ3n) is 15.7. The zero-order valence-electron chi connectivity index (χ0n) is 62.5. The molecule has 0 radical (unpaired) electrons. The van der Waals surface area contributed by atoms with Crippen molar-refractivity contribution in [1.82, 2.24) is 57.9 Å². The highest BCUT2D eigenvalue weighted by Crippen LogP contribution is 2.50. The smallest absolute Gasteiger partial charge is 0.338 e. The van der Waals surface area contributed by atoms with Crippen LogP contribution in [0.1, 0.15) is 84.0 Å². The fraction of sp³-hybridized carbons (Fsp3) is 0.167. The summed E-state index contributed by atoms with van der Waals surface area (Å²) in [6.45, 7) is 55.9. The molecule has 0 aliphatic carbocycles. The lowest BCUT2D eigenvalue weighted by Gasteiger charge is -2.07. The van der Waals surface area contributed by atoms with Crippen molar-refractivity contribution in [2.75, 3.05) is 31.0 Å². The molecule has 0 unspecified atom stereocenters. The van der Waals surface area contributed by atoms with Crippen molar-refractivity contribution in [2.45, 2.75) is 68.6 Å². The number of imidazole rings is 1. The number of esters is 2. The number of H-pyrrole nitrogens is 4. The summed E-state index contributed by atoms with van der Waals surface area (Å²) in [6, 6.07) is 28.4. The molecule has 13 aromatic rings. The van der Waals surface area contributed by atoms with Gasteiger partial charge in [0, 0.05) is 34.9 Å². The van der Waals surface area contributed by atoms with Crippen LogP contribution in [0, 0.1) is 64.6 Å². The van der Waals surface area contributed by atoms with Crippen molar-refractivity contribution in [2.24, 2.45) is 46.1 Å². The number of nitriles is 1. The minimum absolute atomic E-state index is 0.0168. The number of hydrogen-bond acceptors (Lipinski definition) is 31. The largest absolute Gasteiger partial charge is 0.465 e. The second-order valence-corrected chi connectivity index (χ2v) is 32.0. The molecule has 13 rings (SSSR count). The Balaban J connectivity index is 0.000000166. The number of fused-ring (bicyclic) bond motifs is 2. The molecule has 7 N–H and O–H groups in total. The molecule has 9 heterocycles. The fourth-order valence-electron chi connectivity index (χ4n) is 10.5. The number of aromatic amines is 4. The first-order valence-electron chi connectivity index (χ1n) is 33.4. The Morgan fingerprint density at radius 2 is 1.19 bits per heavy atom. The predicted octanol–water partition coefficient (Wildman–Crippen LogP) is 19.7. The molecule has 0 fully saturated rings. The van der Waals surface area contributed by atoms with Crippen LogP contribution in [0.25, 0.3) is 79.3 Å². The van der Waals surface area contributed by atoms with Gasteiger partial charge in [0.1, 0.15) is 40.5 Å². The Hall–Kier alpha value is -14.8. The van der Waals surface area contributed by atoms with E-state index in [1.807, 2.05) is 26.8 Å². The Kier molecular flexibility index (Phi) is 27.5. The normalized spacial score (nSPS) is 11.2. The maximum Gasteiger partial charge on any atom is 0.338 e. The fourth-order valence-corrected chi connectivity index (χ4v) is 15.9. The van der Waals surface area contributed by atoms with Crippen LogP contribution in [0.15, 0.2) is 152 Å². The van der Waals surface area contributed by atoms with E-state index in [2.05, 4.69) is 135 Å². The Morgan fingerprint density at radius 1 is 0.661 bits per heavy atom. The average molecular weight is 1710 g/mol. The number of azo groups is 4. The Morgan fingerprint density at radius 3 is 1.70 bits per heavy atom. The van der Waals surface area contributed by atoms with Crippen LogP contribution in [0.2, 0.25) is 0 Å². The van der Waals surface area contributed by atoms with Crippen LogP contribution < -0.4 is 10.5 Å². The standard InChI is InChI=1S/C19H11N7O2S.C18H17N9O3S2.C18H13N7O2S2.C17H14N6O3S2/c1-10-14(20-2)18(29-26-10)25-24-16-13(15(21-3)17(22-4)23-16)11-8-6-7-9-12(11)19(27)28-5;1-8(2)15-22-16-12(7-19)14(21-9(3)28)17(27(16)25-15)23-24-18-11-6-10(32(20,29)30)4-5-13(11)26-31-18;1-5-28-18-25-24-17(29-18)23-22-14-12(13(19-2)15(20-3)21-14)10-8-6-7-9-11(10)16(26)27-4;1-10(24)9-28(25,26)17-15(19-14(20-17)12-7-5-4-6-8-12)21-22-16-13(18-3)11(2)23-27-16/h6-9,23H,1,5H3;4-6,8H,1-3H3,(H,21,28)(H,22,25)(H2,20,29,30);6-9,21H,5H2,1,4H3;4-8H,9H2,1-2H3,(H,19,20). The van der Waals surface area contributed by atoms with E-state index in [9.17, 15) is 41.3 Å². The highest BCUT2D eigenvalue weighted by atomic mass is 32.2. The van der Waals surface area contributed by atoms with Crippen LogP contribution in [0.3, 0.4) is 0 Å². The third kappa shape index (κ3) is 19.2. The van der Waals surface area contributed by atoms with Gasteiger partial charge < -0.3 is 29.5 Å². The second kappa shape index (κ2) is 37.9. The first-order chi connectivity index (χ1) is 56.6. The monoisotopic (exact) mass is 1710 g/mol. The number of sulfone groups is 1. The van der Waals surface area contributed by atoms with E-state index in [0.29, 0.717) is 71.1 Å². The predicted molar refractivity (Wildman–Crippen MR) is 440 cm³/mol. The number of methoxy groups -OCH3 is 2. The zero-order valence-corrected chi connectivity index (χ0v) is 68.2. The molecule has 0 saturated heterocycles. The molecule has 590 valence electrons. The lowest BCUT2D eigenvalue weighted by molar-refractivity contribution is -0.115. The number of benzene rings is 4. The summed E-state index contributed by atoms with van der Waals surface area (Å²) in [6.07, 6.45) is 0. The van der Waals surface area contributed by atoms with Gasteiger partial charge in [0.25, 0.3) is 5.13 Å². The van der Waals surface area contributed by atoms with Crippen LogP contribution in [0.4, 0.5) is 83.5 Å². The maximum atomic E-state index is 12.6. The van der Waals surface area contributed by atoms with E-state index >= 15 is 0 Å². The number of sulfonamides is 1. The van der Waals surface area contributed by atoms with Crippen molar-refractivity contribution in [3.8, 4) is 39.7 Å². The zero-order chi connectivity index (χ0) is 85.3. The first kappa shape index (κ1) is 85.7. The molecule has 46 heteroatoms. The molecule has 118 heavy (non-hydrogen) atoms. The van der Waals surface area contributed by atoms with Crippen LogP contribution in [-0.2, 0) is 38.9 Å². The number of Topliss-reactive ketones (excluding diaryl/α,β-unsaturated/α-hetero) is 1. The molecule has 39 nitrogen and oxygen atoms in total. The molecule has 0 aliphatic heterocycles. The highest BCUT2D eigenvalue weighted by Gasteiger charge is 2.31. The Labute approximate surface area is 690 Å². The van der Waals surface area contributed by atoms with Crippen LogP contribution in [-0.4, -0.2) is 124 Å². The van der Waals surface area contributed by atoms with Gasteiger partial charge in [-0.05, 0) is 103 Å². The molecular weight excluding hydrogens is 1660 g/mol. The van der Waals surface area contributed by atoms with Crippen molar-refractivity contribution in [3.05, 3.63) is 199 Å². The number of carbonyl (C=O) groups excluding carboxylic acids is 4. The molecule has 0 aliphatic rings. The van der Waals surface area contributed by atoms with Gasteiger partial charge in [-0.2, -0.15) is 9.64 Å². The van der Waals surface area contributed by atoms with Crippen molar-refractivity contribution < 1.29 is 45.5 Å². The van der Waals surface area contributed by atoms with E-state index in [1.54, 1.807) is 98.4 Å². The number of rotatable bonds is 21. The van der Waals surface area contributed by atoms with Crippen molar-refractivity contribution in [1.29, 1.82) is 5.26 Å². The van der Waals surface area contributed by atoms with E-state index in [1.165, 1.54) is 62.1 Å². The molecule has 0 spiro atoms. The van der Waals surface area contributed by atoms with Crippen LogP contribution >= 0.6 is 57.7 Å². The van der Waals surface area contributed by atoms with Gasteiger partial charge in [-0.3, -0.25) is 24.7 Å². The number of ketones is 1. The summed E-state index contributed by atoms with van der Waals surface area (Å²) in [4.78, 5) is 84.8. The second-order valence-electron chi connectivity index (χ2n) is 23.8. The Bertz CT molecular complexity index is 6800. The molecule has 9 aromatic heterocycles. The molecule has 4 aromatic carbocycles. The molecule has 1 amide bonds. The third-order valence-corrected chi connectivity index (χ3v) is 22.5. The van der Waals surface area contributed by atoms with Gasteiger partial charge in [0.15, 0.2) is 30.0 Å². The summed E-state index contributed by atoms with van der Waals surface area (Å²) in [5.74, 6) is -0.618. The summed E-state index contributed by atoms with van der Waals surface area (Å²) < 4.78 is 72.9. The molecule has 0 atom stereocenters. The van der Waals surface area contributed by atoms with Gasteiger partial charge in [-0.1, -0.05) is 124 Å². The average Bonchev–Trinajstić information content (AvgIpc) is 1.60. The minimum atomic E-state index is -3.99. The van der Waals surface area contributed by atoms with E-state index in [0.717, 1.165) is 44.7 Å². The molecule has 0 bridgehead atoms. The first-order valence-corrected chi connectivity index (χ1v) is 40.7. The quantitative estimate of drug-likeness (QED) is 0.0168. The number of aryl methyl sites for hydroxylation is 2. The lowest BCUT2D eigenvalue weighted by Crippen LogP contribution is -2.14. The number of anilines is 1. The lowest BCUT2D eigenvalue weighted by atomic mass is 10.00. The summed E-state index contributed by atoms with van der Waals surface area (Å²) in [5, 5.41) is 62.8. The number of thioether (sulfide) groups is 1. The number of nitrogens with zero attached hydrogens (tertiary/aromatic N) is 23. The van der Waals surface area contributed by atoms with Crippen molar-refractivity contribution >= 4 is 201 Å². The van der Waals surface area contributed by atoms with Gasteiger partial charge in [-0.15, -0.1) is 51.1 Å². The number of carbonyl (C=O) groups is 4. The number of ether oxygens (including phenoxy) is 2.